The minimum Gasteiger partial charge on any atom is -0.347 e. The number of carbonyl (C=O) groups excluding carboxylic acids is 1. The first-order valence-corrected chi connectivity index (χ1v) is 3.79. The molecule has 7 nitrogen and oxygen atoms in total. The fourth-order valence-electron chi connectivity index (χ4n) is 0.645. The van der Waals surface area contributed by atoms with Crippen molar-refractivity contribution in [3.63, 3.8) is 0 Å². The van der Waals surface area contributed by atoms with Gasteiger partial charge < -0.3 is 11.1 Å². The Hall–Kier alpha value is -1.50. The van der Waals surface area contributed by atoms with Gasteiger partial charge in [-0.25, -0.2) is 0 Å². The minimum atomic E-state index is -0.885. The molecule has 0 aliphatic carbocycles. The first kappa shape index (κ1) is 9.59. The van der Waals surface area contributed by atoms with Crippen molar-refractivity contribution in [2.45, 2.75) is 25.9 Å². The summed E-state index contributed by atoms with van der Waals surface area (Å²) in [5.41, 5.74) is 4.66. The van der Waals surface area contributed by atoms with E-state index in [0.29, 0.717) is 5.82 Å². The molecule has 0 saturated heterocycles. The van der Waals surface area contributed by atoms with Gasteiger partial charge in [0.2, 0.25) is 5.91 Å². The average molecular weight is 184 g/mol. The molecule has 0 bridgehead atoms. The molecular weight excluding hydrogens is 172 g/mol. The maximum atomic E-state index is 11.2. The summed E-state index contributed by atoms with van der Waals surface area (Å²) < 4.78 is 0. The van der Waals surface area contributed by atoms with E-state index in [-0.39, 0.29) is 12.5 Å². The number of nitrogens with one attached hydrogen (secondary N) is 2. The number of carbonyl (C=O) groups is 1. The summed E-state index contributed by atoms with van der Waals surface area (Å²) in [6, 6.07) is 0. The second-order valence-electron chi connectivity index (χ2n) is 3.23. The van der Waals surface area contributed by atoms with Gasteiger partial charge in [0.1, 0.15) is 0 Å². The van der Waals surface area contributed by atoms with Crippen LogP contribution in [0, 0.1) is 0 Å². The highest BCUT2D eigenvalue weighted by Gasteiger charge is 2.21. The molecule has 0 unspecified atom stereocenters. The van der Waals surface area contributed by atoms with Crippen LogP contribution in [-0.2, 0) is 11.3 Å². The summed E-state index contributed by atoms with van der Waals surface area (Å²) in [6.07, 6.45) is 0. The molecule has 0 aliphatic heterocycles. The van der Waals surface area contributed by atoms with Crippen LogP contribution in [0.3, 0.4) is 0 Å². The number of aromatic amines is 1. The maximum Gasteiger partial charge on any atom is 0.239 e. The van der Waals surface area contributed by atoms with Crippen LogP contribution in [0.5, 0.6) is 0 Å². The van der Waals surface area contributed by atoms with Crippen LogP contribution in [0.15, 0.2) is 0 Å². The number of hydrogen-bond acceptors (Lipinski definition) is 5. The molecule has 1 heterocycles. The number of aromatic nitrogens is 4. The first-order chi connectivity index (χ1) is 6.00. The number of nitrogens with zero attached hydrogens (tertiary/aromatic N) is 3. The van der Waals surface area contributed by atoms with Gasteiger partial charge in [-0.15, -0.1) is 10.2 Å². The number of rotatable bonds is 3. The lowest BCUT2D eigenvalue weighted by Gasteiger charge is -2.16. The zero-order valence-electron chi connectivity index (χ0n) is 7.53. The van der Waals surface area contributed by atoms with E-state index in [0.717, 1.165) is 0 Å². The topological polar surface area (TPSA) is 110 Å². The Morgan fingerprint density at radius 3 is 2.85 bits per heavy atom. The molecule has 1 amide bonds. The lowest BCUT2D eigenvalue weighted by Crippen LogP contribution is -2.48. The predicted molar refractivity (Wildman–Crippen MR) is 44.3 cm³/mol. The van der Waals surface area contributed by atoms with Crippen molar-refractivity contribution in [3.8, 4) is 0 Å². The highest BCUT2D eigenvalue weighted by molar-refractivity contribution is 5.84. The van der Waals surface area contributed by atoms with E-state index in [4.69, 9.17) is 5.73 Å². The SMILES string of the molecule is CC(C)(N)C(=O)NCc1nn[nH]n1. The molecule has 72 valence electrons. The predicted octanol–water partition coefficient (Wildman–Crippen LogP) is -1.45. The molecule has 13 heavy (non-hydrogen) atoms. The lowest BCUT2D eigenvalue weighted by molar-refractivity contribution is -0.125. The van der Waals surface area contributed by atoms with Crippen molar-refractivity contribution in [1.82, 2.24) is 25.9 Å². The molecular formula is C6H12N6O. The summed E-state index contributed by atoms with van der Waals surface area (Å²) in [4.78, 5) is 11.2. The quantitative estimate of drug-likeness (QED) is 0.532. The van der Waals surface area contributed by atoms with Gasteiger partial charge in [-0.2, -0.15) is 5.21 Å². The highest BCUT2D eigenvalue weighted by atomic mass is 16.2. The zero-order valence-corrected chi connectivity index (χ0v) is 7.53. The van der Waals surface area contributed by atoms with E-state index in [9.17, 15) is 4.79 Å². The fraction of sp³-hybridized carbons (Fsp3) is 0.667. The molecule has 1 aromatic heterocycles. The maximum absolute atomic E-state index is 11.2. The Balaban J connectivity index is 2.40. The van der Waals surface area contributed by atoms with Crippen LogP contribution in [-0.4, -0.2) is 32.1 Å². The summed E-state index contributed by atoms with van der Waals surface area (Å²) in [6.45, 7) is 3.48. The molecule has 1 aromatic rings. The van der Waals surface area contributed by atoms with Gasteiger partial charge in [-0.05, 0) is 13.8 Å². The fourth-order valence-corrected chi connectivity index (χ4v) is 0.645. The van der Waals surface area contributed by atoms with Gasteiger partial charge in [0, 0.05) is 0 Å². The molecule has 0 radical (unpaired) electrons. The molecule has 0 spiro atoms. The van der Waals surface area contributed by atoms with Gasteiger partial charge in [-0.3, -0.25) is 4.79 Å². The van der Waals surface area contributed by atoms with Crippen molar-refractivity contribution in [2.24, 2.45) is 5.73 Å². The van der Waals surface area contributed by atoms with Crippen LogP contribution >= 0.6 is 0 Å². The molecule has 0 fully saturated rings. The first-order valence-electron chi connectivity index (χ1n) is 3.79. The summed E-state index contributed by atoms with van der Waals surface area (Å²) in [5, 5.41) is 15.5. The van der Waals surface area contributed by atoms with Gasteiger partial charge in [0.05, 0.1) is 12.1 Å². The van der Waals surface area contributed by atoms with Crippen LogP contribution in [0.4, 0.5) is 0 Å². The Kier molecular flexibility index (Phi) is 2.57. The summed E-state index contributed by atoms with van der Waals surface area (Å²) in [7, 11) is 0. The van der Waals surface area contributed by atoms with E-state index in [1.807, 2.05) is 0 Å². The zero-order chi connectivity index (χ0) is 9.90. The molecule has 7 heteroatoms. The third-order valence-electron chi connectivity index (χ3n) is 1.38. The molecule has 0 atom stereocenters. The van der Waals surface area contributed by atoms with E-state index < -0.39 is 5.54 Å². The standard InChI is InChI=1S/C6H12N6O/c1-6(2,7)5(13)8-3-4-9-11-12-10-4/h3,7H2,1-2H3,(H,8,13)(H,9,10,11,12). The van der Waals surface area contributed by atoms with Crippen LogP contribution in [0.2, 0.25) is 0 Å². The van der Waals surface area contributed by atoms with E-state index in [1.54, 1.807) is 13.8 Å². The number of H-pyrrole nitrogens is 1. The van der Waals surface area contributed by atoms with E-state index in [2.05, 4.69) is 25.9 Å². The molecule has 4 N–H and O–H groups in total. The third-order valence-corrected chi connectivity index (χ3v) is 1.38. The third kappa shape index (κ3) is 2.79. The Bertz CT molecular complexity index is 274. The lowest BCUT2D eigenvalue weighted by atomic mass is 10.1. The Labute approximate surface area is 75.1 Å². The molecule has 0 aromatic carbocycles. The summed E-state index contributed by atoms with van der Waals surface area (Å²) in [5.74, 6) is 0.176. The van der Waals surface area contributed by atoms with Crippen molar-refractivity contribution in [3.05, 3.63) is 5.82 Å². The normalized spacial score (nSPS) is 11.3. The van der Waals surface area contributed by atoms with Crippen molar-refractivity contribution < 1.29 is 4.79 Å². The number of nitrogens with two attached hydrogens (primary N) is 1. The van der Waals surface area contributed by atoms with Crippen molar-refractivity contribution in [1.29, 1.82) is 0 Å². The van der Waals surface area contributed by atoms with E-state index in [1.165, 1.54) is 0 Å². The Morgan fingerprint density at radius 1 is 1.69 bits per heavy atom. The number of hydrogen-bond donors (Lipinski definition) is 3. The second kappa shape index (κ2) is 3.48. The minimum absolute atomic E-state index is 0.232. The second-order valence-corrected chi connectivity index (χ2v) is 3.23. The Morgan fingerprint density at radius 2 is 2.38 bits per heavy atom. The average Bonchev–Trinajstić information content (AvgIpc) is 2.50. The molecule has 1 rings (SSSR count). The van der Waals surface area contributed by atoms with E-state index >= 15 is 0 Å². The van der Waals surface area contributed by atoms with Crippen molar-refractivity contribution >= 4 is 5.91 Å². The smallest absolute Gasteiger partial charge is 0.239 e. The highest BCUT2D eigenvalue weighted by Crippen LogP contribution is 1.95. The van der Waals surface area contributed by atoms with Gasteiger partial charge in [-0.1, -0.05) is 5.21 Å². The van der Waals surface area contributed by atoms with Crippen molar-refractivity contribution in [2.75, 3.05) is 0 Å². The summed E-state index contributed by atoms with van der Waals surface area (Å²) >= 11 is 0. The van der Waals surface area contributed by atoms with Crippen LogP contribution in [0.1, 0.15) is 19.7 Å². The largest absolute Gasteiger partial charge is 0.347 e. The van der Waals surface area contributed by atoms with Gasteiger partial charge in [0.25, 0.3) is 0 Å². The number of tetrazole rings is 1. The molecule has 0 saturated carbocycles. The van der Waals surface area contributed by atoms with Gasteiger partial charge >= 0.3 is 0 Å². The van der Waals surface area contributed by atoms with Crippen LogP contribution in [0.25, 0.3) is 0 Å². The monoisotopic (exact) mass is 184 g/mol. The van der Waals surface area contributed by atoms with Crippen LogP contribution < -0.4 is 11.1 Å². The number of amides is 1. The van der Waals surface area contributed by atoms with Gasteiger partial charge in [0.15, 0.2) is 5.82 Å². The molecule has 0 aliphatic rings.